The highest BCUT2D eigenvalue weighted by molar-refractivity contribution is 6.41. The van der Waals surface area contributed by atoms with E-state index >= 15 is 0 Å². The molecule has 0 aliphatic carbocycles. The van der Waals surface area contributed by atoms with E-state index in [1.165, 1.54) is 0 Å². The van der Waals surface area contributed by atoms with Crippen LogP contribution in [0.4, 0.5) is 0 Å². The number of carbonyl (C=O) groups is 4. The van der Waals surface area contributed by atoms with Gasteiger partial charge in [0.15, 0.2) is 0 Å². The molecular weight excluding hydrogens is 400 g/mol. The summed E-state index contributed by atoms with van der Waals surface area (Å²) in [5.74, 6) is -3.01. The molecule has 0 spiro atoms. The van der Waals surface area contributed by atoms with E-state index in [0.717, 1.165) is 0 Å². The van der Waals surface area contributed by atoms with Gasteiger partial charge in [-0.2, -0.15) is 0 Å². The molecule has 0 heterocycles. The Labute approximate surface area is 181 Å². The van der Waals surface area contributed by atoms with E-state index in [9.17, 15) is 19.2 Å². The van der Waals surface area contributed by atoms with Crippen LogP contribution in [0.15, 0.2) is 60.7 Å². The summed E-state index contributed by atoms with van der Waals surface area (Å²) < 4.78 is 15.4. The summed E-state index contributed by atoms with van der Waals surface area (Å²) in [5, 5.41) is 0. The van der Waals surface area contributed by atoms with Gasteiger partial charge in [-0.3, -0.25) is 9.59 Å². The third kappa shape index (κ3) is 8.92. The second kappa shape index (κ2) is 13.8. The summed E-state index contributed by atoms with van der Waals surface area (Å²) in [5.41, 5.74) is 0.622. The van der Waals surface area contributed by atoms with Crippen LogP contribution in [-0.4, -0.2) is 49.9 Å². The largest absolute Gasteiger partial charge is 0.460 e. The van der Waals surface area contributed by atoms with Crippen molar-refractivity contribution in [1.82, 2.24) is 0 Å². The summed E-state index contributed by atoms with van der Waals surface area (Å²) in [6, 6.07) is 16.6. The zero-order valence-electron chi connectivity index (χ0n) is 17.3. The lowest BCUT2D eigenvalue weighted by Gasteiger charge is -2.06. The average Bonchev–Trinajstić information content (AvgIpc) is 2.82. The van der Waals surface area contributed by atoms with E-state index in [0.29, 0.717) is 50.0 Å². The molecule has 2 aromatic rings. The fourth-order valence-electron chi connectivity index (χ4n) is 2.59. The Hall–Kier alpha value is -3.32. The molecule has 0 aliphatic rings. The number of esters is 2. The first-order chi connectivity index (χ1) is 15.1. The molecule has 0 aliphatic heterocycles. The molecule has 0 atom stereocenters. The Bertz CT molecular complexity index is 775. The molecular formula is C24H26O7. The number of ether oxygens (including phenoxy) is 3. The van der Waals surface area contributed by atoms with Crippen molar-refractivity contribution >= 4 is 23.5 Å². The van der Waals surface area contributed by atoms with Crippen molar-refractivity contribution in [3.05, 3.63) is 71.8 Å². The first kappa shape index (κ1) is 24.0. The maximum Gasteiger partial charge on any atom is 0.379 e. The van der Waals surface area contributed by atoms with E-state index < -0.39 is 23.5 Å². The van der Waals surface area contributed by atoms with E-state index in [4.69, 9.17) is 14.2 Å². The fraction of sp³-hybridized carbons (Fsp3) is 0.333. The molecule has 0 fully saturated rings. The number of hydrogen-bond acceptors (Lipinski definition) is 7. The first-order valence-corrected chi connectivity index (χ1v) is 10.2. The van der Waals surface area contributed by atoms with Crippen molar-refractivity contribution in [2.75, 3.05) is 26.4 Å². The summed E-state index contributed by atoms with van der Waals surface area (Å²) in [6.45, 7) is 1.31. The van der Waals surface area contributed by atoms with Crippen LogP contribution in [0.3, 0.4) is 0 Å². The molecule has 31 heavy (non-hydrogen) atoms. The second-order valence-electron chi connectivity index (χ2n) is 6.69. The Morgan fingerprint density at radius 3 is 1.26 bits per heavy atom. The zero-order chi connectivity index (χ0) is 22.3. The maximum absolute atomic E-state index is 11.8. The number of Topliss-reactive ketones (excluding diaryl/α,β-unsaturated/α-hetero) is 2. The van der Waals surface area contributed by atoms with Crippen molar-refractivity contribution in [3.63, 3.8) is 0 Å². The van der Waals surface area contributed by atoms with Crippen molar-refractivity contribution < 1.29 is 33.4 Å². The van der Waals surface area contributed by atoms with Crippen LogP contribution in [0.5, 0.6) is 0 Å². The van der Waals surface area contributed by atoms with Gasteiger partial charge in [0.25, 0.3) is 11.6 Å². The van der Waals surface area contributed by atoms with Gasteiger partial charge >= 0.3 is 11.9 Å². The Balaban J connectivity index is 1.43. The molecule has 2 rings (SSSR count). The Morgan fingerprint density at radius 2 is 0.871 bits per heavy atom. The molecule has 0 saturated carbocycles. The molecule has 2 aromatic carbocycles. The third-order valence-electron chi connectivity index (χ3n) is 4.28. The van der Waals surface area contributed by atoms with E-state index in [-0.39, 0.29) is 13.2 Å². The lowest BCUT2D eigenvalue weighted by atomic mass is 10.1. The highest BCUT2D eigenvalue weighted by atomic mass is 16.5. The van der Waals surface area contributed by atoms with Crippen molar-refractivity contribution in [2.45, 2.75) is 25.7 Å². The highest BCUT2D eigenvalue weighted by Gasteiger charge is 2.17. The quantitative estimate of drug-likeness (QED) is 0.198. The van der Waals surface area contributed by atoms with Crippen LogP contribution < -0.4 is 0 Å². The minimum Gasteiger partial charge on any atom is -0.460 e. The summed E-state index contributed by atoms with van der Waals surface area (Å²) in [6.07, 6.45) is 2.56. The van der Waals surface area contributed by atoms with E-state index in [1.54, 1.807) is 60.7 Å². The minimum absolute atomic E-state index is 0.159. The average molecular weight is 426 g/mol. The lowest BCUT2D eigenvalue weighted by Crippen LogP contribution is -2.18. The summed E-state index contributed by atoms with van der Waals surface area (Å²) >= 11 is 0. The molecule has 0 aromatic heterocycles. The standard InChI is InChI=1S/C24H26O7/c25-21(19-11-3-1-4-12-19)23(27)30-17-9-7-15-29-16-8-10-18-31-24(28)22(26)20-13-5-2-6-14-20/h1-6,11-14H,7-10,15-18H2. The van der Waals surface area contributed by atoms with Crippen molar-refractivity contribution in [2.24, 2.45) is 0 Å². The smallest absolute Gasteiger partial charge is 0.379 e. The SMILES string of the molecule is O=C(OCCCCOCCCCOC(=O)C(=O)c1ccccc1)C(=O)c1ccccc1. The van der Waals surface area contributed by atoms with Crippen molar-refractivity contribution in [1.29, 1.82) is 0 Å². The number of benzene rings is 2. The van der Waals surface area contributed by atoms with Gasteiger partial charge < -0.3 is 14.2 Å². The predicted octanol–water partition coefficient (Wildman–Crippen LogP) is 3.42. The monoisotopic (exact) mass is 426 g/mol. The number of unbranched alkanes of at least 4 members (excludes halogenated alkanes) is 2. The van der Waals surface area contributed by atoms with Gasteiger partial charge in [-0.15, -0.1) is 0 Å². The number of ketones is 2. The molecule has 0 bridgehead atoms. The first-order valence-electron chi connectivity index (χ1n) is 10.2. The molecule has 0 amide bonds. The van der Waals surface area contributed by atoms with Crippen LogP contribution in [0.1, 0.15) is 46.4 Å². The number of carbonyl (C=O) groups excluding carboxylic acids is 4. The Kier molecular flexibility index (Phi) is 10.7. The van der Waals surface area contributed by atoms with E-state index in [2.05, 4.69) is 0 Å². The van der Waals surface area contributed by atoms with Crippen LogP contribution in [0.25, 0.3) is 0 Å². The normalized spacial score (nSPS) is 10.3. The molecule has 0 saturated heterocycles. The zero-order valence-corrected chi connectivity index (χ0v) is 17.3. The van der Waals surface area contributed by atoms with Gasteiger partial charge in [0.05, 0.1) is 13.2 Å². The van der Waals surface area contributed by atoms with E-state index in [1.807, 2.05) is 0 Å². The van der Waals surface area contributed by atoms with Crippen LogP contribution >= 0.6 is 0 Å². The molecule has 7 nitrogen and oxygen atoms in total. The number of rotatable bonds is 14. The molecule has 0 N–H and O–H groups in total. The molecule has 164 valence electrons. The maximum atomic E-state index is 11.8. The van der Waals surface area contributed by atoms with Gasteiger partial charge in [0.2, 0.25) is 0 Å². The van der Waals surface area contributed by atoms with Crippen molar-refractivity contribution in [3.8, 4) is 0 Å². The van der Waals surface area contributed by atoms with Gasteiger partial charge in [-0.05, 0) is 25.7 Å². The second-order valence-corrected chi connectivity index (χ2v) is 6.69. The van der Waals surface area contributed by atoms with Gasteiger partial charge in [-0.25, -0.2) is 9.59 Å². The fourth-order valence-corrected chi connectivity index (χ4v) is 2.59. The van der Waals surface area contributed by atoms with Crippen LogP contribution in [-0.2, 0) is 23.8 Å². The van der Waals surface area contributed by atoms with Crippen LogP contribution in [0.2, 0.25) is 0 Å². The topological polar surface area (TPSA) is 96.0 Å². The predicted molar refractivity (Wildman–Crippen MR) is 113 cm³/mol. The highest BCUT2D eigenvalue weighted by Crippen LogP contribution is 2.04. The summed E-state index contributed by atoms with van der Waals surface area (Å²) in [7, 11) is 0. The molecule has 0 unspecified atom stereocenters. The summed E-state index contributed by atoms with van der Waals surface area (Å²) in [4.78, 5) is 47.1. The van der Waals surface area contributed by atoms with Gasteiger partial charge in [0.1, 0.15) is 0 Å². The number of hydrogen-bond donors (Lipinski definition) is 0. The third-order valence-corrected chi connectivity index (χ3v) is 4.28. The Morgan fingerprint density at radius 1 is 0.516 bits per heavy atom. The lowest BCUT2D eigenvalue weighted by molar-refractivity contribution is -0.138. The van der Waals surface area contributed by atoms with Gasteiger partial charge in [-0.1, -0.05) is 60.7 Å². The van der Waals surface area contributed by atoms with Gasteiger partial charge in [0, 0.05) is 24.3 Å². The minimum atomic E-state index is -0.854. The molecule has 7 heteroatoms. The molecule has 0 radical (unpaired) electrons. The van der Waals surface area contributed by atoms with Crippen LogP contribution in [0, 0.1) is 0 Å².